The van der Waals surface area contributed by atoms with Crippen LogP contribution in [0.5, 0.6) is 0 Å². The fourth-order valence-corrected chi connectivity index (χ4v) is 5.48. The molecule has 0 aromatic heterocycles. The first-order valence-electron chi connectivity index (χ1n) is 11.4. The Morgan fingerprint density at radius 2 is 1.37 bits per heavy atom. The molecule has 2 saturated carbocycles. The second-order valence-corrected chi connectivity index (χ2v) is 9.49. The average molecular weight is 376 g/mol. The number of hydrogen-bond acceptors (Lipinski definition) is 3. The first-order valence-corrected chi connectivity index (χ1v) is 11.4. The van der Waals surface area contributed by atoms with E-state index in [1.54, 1.807) is 0 Å². The largest absolute Gasteiger partial charge is 0.341 e. The van der Waals surface area contributed by atoms with Crippen molar-refractivity contribution < 1.29 is 9.59 Å². The van der Waals surface area contributed by atoms with Crippen molar-refractivity contribution in [2.75, 3.05) is 39.3 Å². The van der Waals surface area contributed by atoms with Crippen LogP contribution < -0.4 is 0 Å². The van der Waals surface area contributed by atoms with Gasteiger partial charge in [-0.2, -0.15) is 0 Å². The summed E-state index contributed by atoms with van der Waals surface area (Å²) in [6.07, 6.45) is 10.6. The molecule has 4 rings (SSSR count). The van der Waals surface area contributed by atoms with Crippen LogP contribution >= 0.6 is 0 Å². The summed E-state index contributed by atoms with van der Waals surface area (Å²) < 4.78 is 0. The predicted molar refractivity (Wildman–Crippen MR) is 106 cm³/mol. The molecule has 0 aromatic carbocycles. The van der Waals surface area contributed by atoms with Gasteiger partial charge in [-0.25, -0.2) is 0 Å². The molecular weight excluding hydrogens is 338 g/mol. The van der Waals surface area contributed by atoms with Crippen molar-refractivity contribution in [3.8, 4) is 0 Å². The minimum atomic E-state index is 0.0573. The summed E-state index contributed by atoms with van der Waals surface area (Å²) in [4.78, 5) is 32.7. The van der Waals surface area contributed by atoms with Crippen LogP contribution in [0.1, 0.15) is 64.7 Å². The summed E-state index contributed by atoms with van der Waals surface area (Å²) in [5, 5.41) is 0. The summed E-state index contributed by atoms with van der Waals surface area (Å²) in [6.45, 7) is 7.53. The molecule has 2 aliphatic heterocycles. The van der Waals surface area contributed by atoms with Gasteiger partial charge in [0.2, 0.25) is 11.8 Å². The third kappa shape index (κ3) is 4.18. The quantitative estimate of drug-likeness (QED) is 0.759. The lowest BCUT2D eigenvalue weighted by atomic mass is 9.84. The normalized spacial score (nSPS) is 27.6. The molecule has 5 nitrogen and oxygen atoms in total. The van der Waals surface area contributed by atoms with Gasteiger partial charge in [-0.1, -0.05) is 26.2 Å². The highest BCUT2D eigenvalue weighted by Gasteiger charge is 2.40. The van der Waals surface area contributed by atoms with E-state index >= 15 is 0 Å². The molecule has 2 aliphatic carbocycles. The molecule has 4 fully saturated rings. The van der Waals surface area contributed by atoms with Crippen LogP contribution in [0.15, 0.2) is 0 Å². The summed E-state index contributed by atoms with van der Waals surface area (Å²) in [5.41, 5.74) is 0. The van der Waals surface area contributed by atoms with Gasteiger partial charge in [0.05, 0.1) is 6.04 Å². The number of rotatable bonds is 4. The van der Waals surface area contributed by atoms with E-state index < -0.39 is 0 Å². The zero-order valence-electron chi connectivity index (χ0n) is 17.1. The molecule has 27 heavy (non-hydrogen) atoms. The predicted octanol–water partition coefficient (Wildman–Crippen LogP) is 2.75. The van der Waals surface area contributed by atoms with Crippen molar-refractivity contribution in [1.82, 2.24) is 14.7 Å². The van der Waals surface area contributed by atoms with Gasteiger partial charge in [0, 0.05) is 45.2 Å². The second-order valence-electron chi connectivity index (χ2n) is 9.49. The van der Waals surface area contributed by atoms with E-state index in [0.717, 1.165) is 70.9 Å². The van der Waals surface area contributed by atoms with E-state index in [4.69, 9.17) is 0 Å². The van der Waals surface area contributed by atoms with Crippen LogP contribution in [0, 0.1) is 17.8 Å². The number of nitrogens with zero attached hydrogens (tertiary/aromatic N) is 3. The van der Waals surface area contributed by atoms with Crippen molar-refractivity contribution in [2.24, 2.45) is 17.8 Å². The smallest absolute Gasteiger partial charge is 0.240 e. The van der Waals surface area contributed by atoms with Gasteiger partial charge < -0.3 is 9.80 Å². The standard InChI is InChI=1S/C22H37N3O2/c1-17-9-11-24(12-10-17)22(27)20(18-5-2-3-6-18)23-13-15-25(16-14-23)21(26)19-7-4-8-19/h17-20H,2-16H2,1H3. The zero-order chi connectivity index (χ0) is 18.8. The Bertz CT molecular complexity index is 526. The summed E-state index contributed by atoms with van der Waals surface area (Å²) >= 11 is 0. The van der Waals surface area contributed by atoms with E-state index in [-0.39, 0.29) is 6.04 Å². The molecule has 5 heteroatoms. The van der Waals surface area contributed by atoms with Crippen LogP contribution in [0.4, 0.5) is 0 Å². The summed E-state index contributed by atoms with van der Waals surface area (Å²) in [6, 6.07) is 0.0573. The van der Waals surface area contributed by atoms with Crippen molar-refractivity contribution in [2.45, 2.75) is 70.8 Å². The Morgan fingerprint density at radius 1 is 0.741 bits per heavy atom. The van der Waals surface area contributed by atoms with E-state index in [1.807, 2.05) is 0 Å². The number of likely N-dealkylation sites (tertiary alicyclic amines) is 1. The van der Waals surface area contributed by atoms with Gasteiger partial charge in [0.25, 0.3) is 0 Å². The molecule has 2 saturated heterocycles. The fourth-order valence-electron chi connectivity index (χ4n) is 5.48. The molecule has 0 bridgehead atoms. The fraction of sp³-hybridized carbons (Fsp3) is 0.909. The Hall–Kier alpha value is -1.10. The maximum Gasteiger partial charge on any atom is 0.240 e. The molecule has 0 radical (unpaired) electrons. The van der Waals surface area contributed by atoms with Crippen molar-refractivity contribution in [3.05, 3.63) is 0 Å². The van der Waals surface area contributed by atoms with Gasteiger partial charge in [0.1, 0.15) is 0 Å². The van der Waals surface area contributed by atoms with Gasteiger partial charge >= 0.3 is 0 Å². The average Bonchev–Trinajstić information content (AvgIpc) is 3.16. The van der Waals surface area contributed by atoms with E-state index in [0.29, 0.717) is 23.7 Å². The second kappa shape index (κ2) is 8.50. The molecule has 2 heterocycles. The van der Waals surface area contributed by atoms with Gasteiger partial charge in [-0.15, -0.1) is 0 Å². The topological polar surface area (TPSA) is 43.9 Å². The molecule has 4 aliphatic rings. The SMILES string of the molecule is CC1CCN(C(=O)C(C2CCCC2)N2CCN(C(=O)C3CCC3)CC2)CC1. The van der Waals surface area contributed by atoms with Crippen molar-refractivity contribution in [3.63, 3.8) is 0 Å². The Kier molecular flexibility index (Phi) is 6.05. The Labute approximate surface area is 164 Å². The third-order valence-corrected chi connectivity index (χ3v) is 7.67. The molecule has 0 spiro atoms. The molecule has 2 amide bonds. The first kappa shape index (κ1) is 19.2. The van der Waals surface area contributed by atoms with Crippen molar-refractivity contribution >= 4 is 11.8 Å². The lowest BCUT2D eigenvalue weighted by molar-refractivity contribution is -0.144. The van der Waals surface area contributed by atoms with E-state index in [1.165, 1.54) is 32.1 Å². The highest BCUT2D eigenvalue weighted by molar-refractivity contribution is 5.83. The zero-order valence-corrected chi connectivity index (χ0v) is 17.1. The van der Waals surface area contributed by atoms with Crippen molar-refractivity contribution in [1.29, 1.82) is 0 Å². The number of piperidine rings is 1. The Morgan fingerprint density at radius 3 is 1.93 bits per heavy atom. The van der Waals surface area contributed by atoms with Crippen LogP contribution in [0.3, 0.4) is 0 Å². The minimum Gasteiger partial charge on any atom is -0.341 e. The van der Waals surface area contributed by atoms with Gasteiger partial charge in [-0.05, 0) is 50.4 Å². The summed E-state index contributed by atoms with van der Waals surface area (Å²) in [7, 11) is 0. The maximum absolute atomic E-state index is 13.5. The molecule has 0 N–H and O–H groups in total. The molecule has 1 atom stereocenters. The highest BCUT2D eigenvalue weighted by Crippen LogP contribution is 2.33. The number of amides is 2. The highest BCUT2D eigenvalue weighted by atomic mass is 16.2. The summed E-state index contributed by atoms with van der Waals surface area (Å²) in [5.74, 6) is 2.31. The number of hydrogen-bond donors (Lipinski definition) is 0. The molecule has 1 unspecified atom stereocenters. The monoisotopic (exact) mass is 375 g/mol. The van der Waals surface area contributed by atoms with Crippen LogP contribution in [0.2, 0.25) is 0 Å². The van der Waals surface area contributed by atoms with Gasteiger partial charge in [-0.3, -0.25) is 14.5 Å². The van der Waals surface area contributed by atoms with Crippen LogP contribution in [-0.2, 0) is 9.59 Å². The third-order valence-electron chi connectivity index (χ3n) is 7.67. The van der Waals surface area contributed by atoms with Gasteiger partial charge in [0.15, 0.2) is 0 Å². The molecule has 152 valence electrons. The van der Waals surface area contributed by atoms with E-state index in [2.05, 4.69) is 21.6 Å². The first-order chi connectivity index (χ1) is 13.1. The lowest BCUT2D eigenvalue weighted by Gasteiger charge is -2.44. The number of carbonyl (C=O) groups is 2. The van der Waals surface area contributed by atoms with E-state index in [9.17, 15) is 9.59 Å². The number of piperazine rings is 1. The lowest BCUT2D eigenvalue weighted by Crippen LogP contribution is -2.59. The van der Waals surface area contributed by atoms with Crippen LogP contribution in [-0.4, -0.2) is 71.8 Å². The maximum atomic E-state index is 13.5. The Balaban J connectivity index is 1.39. The minimum absolute atomic E-state index is 0.0573. The molecular formula is C22H37N3O2. The molecule has 0 aromatic rings. The number of carbonyl (C=O) groups excluding carboxylic acids is 2. The van der Waals surface area contributed by atoms with Crippen LogP contribution in [0.25, 0.3) is 0 Å².